The highest BCUT2D eigenvalue weighted by molar-refractivity contribution is 9.10. The van der Waals surface area contributed by atoms with Crippen molar-refractivity contribution in [3.05, 3.63) is 15.9 Å². The maximum atomic E-state index is 11.7. The fraction of sp³-hybridized carbons (Fsp3) is 0.692. The van der Waals surface area contributed by atoms with Gasteiger partial charge in [0.2, 0.25) is 0 Å². The van der Waals surface area contributed by atoms with Crippen molar-refractivity contribution in [3.8, 4) is 0 Å². The van der Waals surface area contributed by atoms with Gasteiger partial charge in [0.1, 0.15) is 0 Å². The Bertz CT molecular complexity index is 469. The molecule has 2 rings (SSSR count). The number of hydrogen-bond donors (Lipinski definition) is 0. The molecule has 1 fully saturated rings. The van der Waals surface area contributed by atoms with Gasteiger partial charge in [0.05, 0.1) is 29.0 Å². The third-order valence-corrected chi connectivity index (χ3v) is 4.35. The standard InChI is InChI=1S/C13H20BrN3O2/c1-4-19-12(18)8-17(10-5-6-10)7-11-13(14)9(2)15-16(11)3/h10H,4-8H2,1-3H3. The van der Waals surface area contributed by atoms with Crippen LogP contribution in [0, 0.1) is 6.92 Å². The van der Waals surface area contributed by atoms with E-state index >= 15 is 0 Å². The van der Waals surface area contributed by atoms with Crippen LogP contribution in [0.5, 0.6) is 0 Å². The summed E-state index contributed by atoms with van der Waals surface area (Å²) in [6.45, 7) is 5.32. The van der Waals surface area contributed by atoms with Gasteiger partial charge in [0, 0.05) is 19.6 Å². The molecule has 0 unspecified atom stereocenters. The largest absolute Gasteiger partial charge is 0.465 e. The molecule has 0 bridgehead atoms. The number of esters is 1. The Morgan fingerprint density at radius 3 is 2.74 bits per heavy atom. The van der Waals surface area contributed by atoms with Crippen molar-refractivity contribution in [2.24, 2.45) is 7.05 Å². The highest BCUT2D eigenvalue weighted by atomic mass is 79.9. The average molecular weight is 330 g/mol. The zero-order valence-electron chi connectivity index (χ0n) is 11.6. The lowest BCUT2D eigenvalue weighted by Gasteiger charge is -2.21. The first-order chi connectivity index (χ1) is 9.02. The molecule has 0 aromatic carbocycles. The molecule has 0 N–H and O–H groups in total. The Hall–Kier alpha value is -0.880. The molecule has 1 aromatic heterocycles. The fourth-order valence-corrected chi connectivity index (χ4v) is 2.63. The zero-order chi connectivity index (χ0) is 14.0. The predicted molar refractivity (Wildman–Crippen MR) is 75.7 cm³/mol. The van der Waals surface area contributed by atoms with E-state index in [2.05, 4.69) is 25.9 Å². The van der Waals surface area contributed by atoms with Crippen LogP contribution in [0.3, 0.4) is 0 Å². The lowest BCUT2D eigenvalue weighted by molar-refractivity contribution is -0.144. The van der Waals surface area contributed by atoms with Gasteiger partial charge in [0.15, 0.2) is 0 Å². The smallest absolute Gasteiger partial charge is 0.320 e. The molecule has 1 aliphatic carbocycles. The van der Waals surface area contributed by atoms with E-state index in [9.17, 15) is 4.79 Å². The molecule has 6 heteroatoms. The van der Waals surface area contributed by atoms with Gasteiger partial charge < -0.3 is 4.74 Å². The van der Waals surface area contributed by atoms with Crippen molar-refractivity contribution < 1.29 is 9.53 Å². The molecule has 0 spiro atoms. The molecule has 19 heavy (non-hydrogen) atoms. The van der Waals surface area contributed by atoms with Crippen LogP contribution in [-0.4, -0.2) is 39.8 Å². The first-order valence-corrected chi connectivity index (χ1v) is 7.39. The summed E-state index contributed by atoms with van der Waals surface area (Å²) in [6, 6.07) is 0.506. The molecule has 0 atom stereocenters. The monoisotopic (exact) mass is 329 g/mol. The van der Waals surface area contributed by atoms with E-state index in [0.717, 1.165) is 35.2 Å². The predicted octanol–water partition coefficient (Wildman–Crippen LogP) is 2.02. The molecule has 1 aliphatic rings. The quantitative estimate of drug-likeness (QED) is 0.749. The van der Waals surface area contributed by atoms with Crippen molar-refractivity contribution >= 4 is 21.9 Å². The van der Waals surface area contributed by atoms with Crippen LogP contribution in [0.25, 0.3) is 0 Å². The van der Waals surface area contributed by atoms with Crippen molar-refractivity contribution in [2.45, 2.75) is 39.3 Å². The van der Waals surface area contributed by atoms with Gasteiger partial charge in [-0.2, -0.15) is 5.10 Å². The van der Waals surface area contributed by atoms with E-state index in [4.69, 9.17) is 4.74 Å². The van der Waals surface area contributed by atoms with Gasteiger partial charge in [-0.1, -0.05) is 0 Å². The van der Waals surface area contributed by atoms with E-state index < -0.39 is 0 Å². The Balaban J connectivity index is 2.06. The molecule has 5 nitrogen and oxygen atoms in total. The number of aromatic nitrogens is 2. The third-order valence-electron chi connectivity index (χ3n) is 3.32. The molecular weight excluding hydrogens is 310 g/mol. The summed E-state index contributed by atoms with van der Waals surface area (Å²) >= 11 is 3.57. The molecule has 1 aromatic rings. The Labute approximate surface area is 122 Å². The highest BCUT2D eigenvalue weighted by Gasteiger charge is 2.31. The van der Waals surface area contributed by atoms with E-state index in [-0.39, 0.29) is 5.97 Å². The van der Waals surface area contributed by atoms with Crippen LogP contribution in [0.1, 0.15) is 31.2 Å². The molecule has 0 radical (unpaired) electrons. The fourth-order valence-electron chi connectivity index (χ4n) is 2.17. The number of hydrogen-bond acceptors (Lipinski definition) is 4. The number of ether oxygens (including phenoxy) is 1. The van der Waals surface area contributed by atoms with Gasteiger partial charge in [-0.05, 0) is 42.6 Å². The minimum Gasteiger partial charge on any atom is -0.465 e. The lowest BCUT2D eigenvalue weighted by Crippen LogP contribution is -2.33. The average Bonchev–Trinajstić information content (AvgIpc) is 3.14. The number of carbonyl (C=O) groups excluding carboxylic acids is 1. The van der Waals surface area contributed by atoms with Crippen molar-refractivity contribution in [1.82, 2.24) is 14.7 Å². The second kappa shape index (κ2) is 6.05. The number of rotatable bonds is 6. The Morgan fingerprint density at radius 2 is 2.26 bits per heavy atom. The summed E-state index contributed by atoms with van der Waals surface area (Å²) in [4.78, 5) is 13.8. The number of halogens is 1. The first-order valence-electron chi connectivity index (χ1n) is 6.60. The van der Waals surface area contributed by atoms with Crippen molar-refractivity contribution in [2.75, 3.05) is 13.2 Å². The number of nitrogens with zero attached hydrogens (tertiary/aromatic N) is 3. The molecule has 0 saturated heterocycles. The molecule has 0 amide bonds. The molecular formula is C13H20BrN3O2. The minimum absolute atomic E-state index is 0.149. The van der Waals surface area contributed by atoms with Gasteiger partial charge >= 0.3 is 5.97 Å². The molecule has 1 saturated carbocycles. The van der Waals surface area contributed by atoms with Crippen LogP contribution < -0.4 is 0 Å². The highest BCUT2D eigenvalue weighted by Crippen LogP contribution is 2.30. The van der Waals surface area contributed by atoms with Gasteiger partial charge in [-0.3, -0.25) is 14.4 Å². The zero-order valence-corrected chi connectivity index (χ0v) is 13.2. The van der Waals surface area contributed by atoms with Gasteiger partial charge in [0.25, 0.3) is 0 Å². The second-order valence-electron chi connectivity index (χ2n) is 4.91. The van der Waals surface area contributed by atoms with Crippen LogP contribution in [0.4, 0.5) is 0 Å². The normalized spacial score (nSPS) is 15.0. The summed E-state index contributed by atoms with van der Waals surface area (Å²) in [6.07, 6.45) is 2.32. The number of aryl methyl sites for hydroxylation is 2. The third kappa shape index (κ3) is 3.57. The maximum absolute atomic E-state index is 11.7. The SMILES string of the molecule is CCOC(=O)CN(Cc1c(Br)c(C)nn1C)C1CC1. The minimum atomic E-state index is -0.149. The van der Waals surface area contributed by atoms with Crippen LogP contribution in [-0.2, 0) is 23.1 Å². The summed E-state index contributed by atoms with van der Waals surface area (Å²) in [5.41, 5.74) is 2.08. The van der Waals surface area contributed by atoms with Crippen LogP contribution in [0.2, 0.25) is 0 Å². The van der Waals surface area contributed by atoms with Gasteiger partial charge in [-0.15, -0.1) is 0 Å². The van der Waals surface area contributed by atoms with E-state index in [0.29, 0.717) is 19.2 Å². The van der Waals surface area contributed by atoms with Crippen LogP contribution in [0.15, 0.2) is 4.47 Å². The van der Waals surface area contributed by atoms with E-state index in [1.165, 1.54) is 0 Å². The number of carbonyl (C=O) groups is 1. The molecule has 1 heterocycles. The first kappa shape index (κ1) is 14.5. The van der Waals surface area contributed by atoms with Gasteiger partial charge in [-0.25, -0.2) is 0 Å². The molecule has 0 aliphatic heterocycles. The Kier molecular flexibility index (Phi) is 4.62. The lowest BCUT2D eigenvalue weighted by atomic mass is 10.3. The topological polar surface area (TPSA) is 47.4 Å². The maximum Gasteiger partial charge on any atom is 0.320 e. The summed E-state index contributed by atoms with van der Waals surface area (Å²) in [5, 5.41) is 4.39. The second-order valence-corrected chi connectivity index (χ2v) is 5.70. The van der Waals surface area contributed by atoms with E-state index in [1.807, 2.05) is 25.6 Å². The summed E-state index contributed by atoms with van der Waals surface area (Å²) < 4.78 is 7.95. The summed E-state index contributed by atoms with van der Waals surface area (Å²) in [5.74, 6) is -0.149. The van der Waals surface area contributed by atoms with Crippen molar-refractivity contribution in [1.29, 1.82) is 0 Å². The van der Waals surface area contributed by atoms with Crippen molar-refractivity contribution in [3.63, 3.8) is 0 Å². The Morgan fingerprint density at radius 1 is 1.58 bits per heavy atom. The van der Waals surface area contributed by atoms with E-state index in [1.54, 1.807) is 0 Å². The molecule has 106 valence electrons. The van der Waals surface area contributed by atoms with Crippen LogP contribution >= 0.6 is 15.9 Å². The summed E-state index contributed by atoms with van der Waals surface area (Å²) in [7, 11) is 1.93.